The first-order valence-corrected chi connectivity index (χ1v) is 6.45. The second-order valence-corrected chi connectivity index (χ2v) is 5.67. The summed E-state index contributed by atoms with van der Waals surface area (Å²) in [5.41, 5.74) is 0.456. The minimum Gasteiger partial charge on any atom is -0.337 e. The van der Waals surface area contributed by atoms with E-state index in [0.717, 1.165) is 18.9 Å². The highest BCUT2D eigenvalue weighted by Crippen LogP contribution is 2.29. The smallest absolute Gasteiger partial charge is 0.122 e. The summed E-state index contributed by atoms with van der Waals surface area (Å²) in [6.45, 7) is 6.80. The van der Waals surface area contributed by atoms with Gasteiger partial charge in [-0.3, -0.25) is 0 Å². The van der Waals surface area contributed by atoms with Crippen LogP contribution in [0.15, 0.2) is 12.4 Å². The van der Waals surface area contributed by atoms with Gasteiger partial charge in [-0.1, -0.05) is 6.92 Å². The van der Waals surface area contributed by atoms with Crippen LogP contribution in [0.2, 0.25) is 0 Å². The molecule has 0 amide bonds. The van der Waals surface area contributed by atoms with Gasteiger partial charge in [0.05, 0.1) is 6.54 Å². The third kappa shape index (κ3) is 3.30. The van der Waals surface area contributed by atoms with Crippen LogP contribution < -0.4 is 5.32 Å². The highest BCUT2D eigenvalue weighted by Gasteiger charge is 2.28. The number of hydrogen-bond acceptors (Lipinski definition) is 3. The molecule has 0 radical (unpaired) electrons. The molecule has 2 heterocycles. The fraction of sp³-hybridized carbons (Fsp3) is 0.769. The van der Waals surface area contributed by atoms with Gasteiger partial charge in [-0.2, -0.15) is 0 Å². The van der Waals surface area contributed by atoms with Crippen LogP contribution in [0.25, 0.3) is 0 Å². The van der Waals surface area contributed by atoms with Gasteiger partial charge in [-0.05, 0) is 38.4 Å². The Morgan fingerprint density at radius 1 is 1.35 bits per heavy atom. The third-order valence-electron chi connectivity index (χ3n) is 3.95. The molecule has 1 aromatic rings. The molecule has 0 spiro atoms. The molecular formula is C13H24N4. The van der Waals surface area contributed by atoms with Crippen molar-refractivity contribution in [3.63, 3.8) is 0 Å². The van der Waals surface area contributed by atoms with Crippen molar-refractivity contribution in [3.05, 3.63) is 18.2 Å². The second kappa shape index (κ2) is 5.19. The van der Waals surface area contributed by atoms with Gasteiger partial charge in [0.25, 0.3) is 0 Å². The van der Waals surface area contributed by atoms with E-state index in [1.807, 2.05) is 19.4 Å². The molecule has 0 unspecified atom stereocenters. The average molecular weight is 236 g/mol. The van der Waals surface area contributed by atoms with E-state index in [4.69, 9.17) is 0 Å². The summed E-state index contributed by atoms with van der Waals surface area (Å²) in [5.74, 6) is 1.11. The molecule has 17 heavy (non-hydrogen) atoms. The highest BCUT2D eigenvalue weighted by molar-refractivity contribution is 4.91. The second-order valence-electron chi connectivity index (χ2n) is 5.67. The van der Waals surface area contributed by atoms with E-state index in [1.165, 1.54) is 25.9 Å². The molecule has 0 atom stereocenters. The van der Waals surface area contributed by atoms with Gasteiger partial charge < -0.3 is 14.8 Å². The molecule has 0 aromatic carbocycles. The van der Waals surface area contributed by atoms with Crippen LogP contribution in [0.5, 0.6) is 0 Å². The normalized spacial score (nSPS) is 20.6. The van der Waals surface area contributed by atoms with Crippen LogP contribution in [-0.2, 0) is 13.6 Å². The monoisotopic (exact) mass is 236 g/mol. The third-order valence-corrected chi connectivity index (χ3v) is 3.95. The number of piperidine rings is 1. The van der Waals surface area contributed by atoms with Crippen LogP contribution in [0, 0.1) is 5.41 Å². The topological polar surface area (TPSA) is 33.1 Å². The van der Waals surface area contributed by atoms with Gasteiger partial charge in [0.1, 0.15) is 5.82 Å². The highest BCUT2D eigenvalue weighted by atomic mass is 15.1. The van der Waals surface area contributed by atoms with E-state index in [2.05, 4.69) is 33.7 Å². The lowest BCUT2D eigenvalue weighted by Crippen LogP contribution is -2.42. The zero-order valence-corrected chi connectivity index (χ0v) is 11.2. The number of imidazole rings is 1. The first-order valence-electron chi connectivity index (χ1n) is 6.45. The van der Waals surface area contributed by atoms with Crippen molar-refractivity contribution in [2.75, 3.05) is 26.7 Å². The Kier molecular flexibility index (Phi) is 3.84. The van der Waals surface area contributed by atoms with Gasteiger partial charge in [-0.15, -0.1) is 0 Å². The molecule has 2 rings (SSSR count). The van der Waals surface area contributed by atoms with Gasteiger partial charge in [0, 0.05) is 26.0 Å². The SMILES string of the molecule is CN1CCC(C)(CNCc2nccn2C)CC1. The summed E-state index contributed by atoms with van der Waals surface area (Å²) >= 11 is 0. The maximum Gasteiger partial charge on any atom is 0.122 e. The van der Waals surface area contributed by atoms with E-state index in [-0.39, 0.29) is 0 Å². The molecule has 1 saturated heterocycles. The number of likely N-dealkylation sites (tertiary alicyclic amines) is 1. The Morgan fingerprint density at radius 2 is 2.06 bits per heavy atom. The van der Waals surface area contributed by atoms with E-state index >= 15 is 0 Å². The molecule has 96 valence electrons. The predicted octanol–water partition coefficient (Wildman–Crippen LogP) is 1.24. The molecule has 1 aliphatic heterocycles. The molecule has 0 saturated carbocycles. The lowest BCUT2D eigenvalue weighted by atomic mass is 9.80. The van der Waals surface area contributed by atoms with Crippen molar-refractivity contribution in [1.82, 2.24) is 19.8 Å². The van der Waals surface area contributed by atoms with E-state index < -0.39 is 0 Å². The van der Waals surface area contributed by atoms with Gasteiger partial charge in [0.2, 0.25) is 0 Å². The van der Waals surface area contributed by atoms with Crippen molar-refractivity contribution in [2.45, 2.75) is 26.3 Å². The number of nitrogens with zero attached hydrogens (tertiary/aromatic N) is 3. The molecule has 4 nitrogen and oxygen atoms in total. The Hall–Kier alpha value is -0.870. The Balaban J connectivity index is 1.76. The van der Waals surface area contributed by atoms with Crippen LogP contribution >= 0.6 is 0 Å². The van der Waals surface area contributed by atoms with Gasteiger partial charge in [-0.25, -0.2) is 4.98 Å². The fourth-order valence-corrected chi connectivity index (χ4v) is 2.38. The van der Waals surface area contributed by atoms with Crippen LogP contribution in [0.3, 0.4) is 0 Å². The van der Waals surface area contributed by atoms with E-state index in [0.29, 0.717) is 5.41 Å². The van der Waals surface area contributed by atoms with Gasteiger partial charge >= 0.3 is 0 Å². The average Bonchev–Trinajstić information content (AvgIpc) is 2.70. The van der Waals surface area contributed by atoms with E-state index in [9.17, 15) is 0 Å². The molecule has 4 heteroatoms. The molecule has 1 N–H and O–H groups in total. The first kappa shape index (κ1) is 12.6. The maximum atomic E-state index is 4.33. The van der Waals surface area contributed by atoms with E-state index in [1.54, 1.807) is 0 Å². The minimum absolute atomic E-state index is 0.456. The number of rotatable bonds is 4. The lowest BCUT2D eigenvalue weighted by Gasteiger charge is -2.38. The molecule has 0 bridgehead atoms. The van der Waals surface area contributed by atoms with Crippen molar-refractivity contribution >= 4 is 0 Å². The van der Waals surface area contributed by atoms with Crippen LogP contribution in [0.4, 0.5) is 0 Å². The molecule has 1 fully saturated rings. The zero-order valence-electron chi connectivity index (χ0n) is 11.2. The summed E-state index contributed by atoms with van der Waals surface area (Å²) in [7, 11) is 4.25. The first-order chi connectivity index (χ1) is 8.09. The summed E-state index contributed by atoms with van der Waals surface area (Å²) in [6, 6.07) is 0. The van der Waals surface area contributed by atoms with Crippen molar-refractivity contribution in [3.8, 4) is 0 Å². The number of hydrogen-bond donors (Lipinski definition) is 1. The number of nitrogens with one attached hydrogen (secondary N) is 1. The lowest BCUT2D eigenvalue weighted by molar-refractivity contribution is 0.136. The van der Waals surface area contributed by atoms with Crippen molar-refractivity contribution < 1.29 is 0 Å². The molecule has 1 aromatic heterocycles. The van der Waals surface area contributed by atoms with Crippen molar-refractivity contribution in [1.29, 1.82) is 0 Å². The standard InChI is InChI=1S/C13H24N4/c1-13(4-7-16(2)8-5-13)11-14-10-12-15-6-9-17(12)3/h6,9,14H,4-5,7-8,10-11H2,1-3H3. The van der Waals surface area contributed by atoms with Crippen LogP contribution in [-0.4, -0.2) is 41.1 Å². The minimum atomic E-state index is 0.456. The summed E-state index contributed by atoms with van der Waals surface area (Å²) in [4.78, 5) is 6.74. The molecular weight excluding hydrogens is 212 g/mol. The zero-order chi connectivity index (χ0) is 12.3. The summed E-state index contributed by atoms with van der Waals surface area (Å²) in [5, 5.41) is 3.55. The predicted molar refractivity (Wildman–Crippen MR) is 69.8 cm³/mol. The largest absolute Gasteiger partial charge is 0.337 e. The number of aromatic nitrogens is 2. The fourth-order valence-electron chi connectivity index (χ4n) is 2.38. The summed E-state index contributed by atoms with van der Waals surface area (Å²) < 4.78 is 2.07. The van der Waals surface area contributed by atoms with Crippen LogP contribution in [0.1, 0.15) is 25.6 Å². The molecule has 1 aliphatic rings. The number of aryl methyl sites for hydroxylation is 1. The molecule has 0 aliphatic carbocycles. The quantitative estimate of drug-likeness (QED) is 0.854. The Bertz CT molecular complexity index is 350. The van der Waals surface area contributed by atoms with Gasteiger partial charge in [0.15, 0.2) is 0 Å². The Labute approximate surface area is 104 Å². The maximum absolute atomic E-state index is 4.33. The Morgan fingerprint density at radius 3 is 2.65 bits per heavy atom. The van der Waals surface area contributed by atoms with Crippen molar-refractivity contribution in [2.24, 2.45) is 12.5 Å². The summed E-state index contributed by atoms with van der Waals surface area (Å²) in [6.07, 6.45) is 6.43.